The van der Waals surface area contributed by atoms with Crippen LogP contribution in [0.1, 0.15) is 58.2 Å². The second-order valence-electron chi connectivity index (χ2n) is 15.3. The lowest BCUT2D eigenvalue weighted by Gasteiger charge is -2.36. The smallest absolute Gasteiger partial charge is 0.259 e. The van der Waals surface area contributed by atoms with Crippen molar-refractivity contribution >= 4 is 67.0 Å². The number of carbonyl (C=O) groups excluding carboxylic acids is 3. The molecule has 3 aromatic rings. The van der Waals surface area contributed by atoms with E-state index in [1.54, 1.807) is 36.8 Å². The number of amides is 3. The second-order valence-corrected chi connectivity index (χ2v) is 18.7. The van der Waals surface area contributed by atoms with Crippen LogP contribution in [0.4, 0.5) is 0 Å². The lowest BCUT2D eigenvalue weighted by molar-refractivity contribution is -0.142. The number of aliphatic imine (C=N–C) groups is 1. The molecule has 292 valence electrons. The van der Waals surface area contributed by atoms with Crippen molar-refractivity contribution < 1.29 is 32.3 Å². The number of benzene rings is 1. The van der Waals surface area contributed by atoms with Crippen LogP contribution in [0.25, 0.3) is 10.8 Å². The summed E-state index contributed by atoms with van der Waals surface area (Å²) in [7, 11) is -2.36. The van der Waals surface area contributed by atoms with Crippen LogP contribution in [0.5, 0.6) is 11.6 Å². The van der Waals surface area contributed by atoms with Crippen LogP contribution in [0.3, 0.4) is 0 Å². The van der Waals surface area contributed by atoms with Crippen LogP contribution in [0.15, 0.2) is 60.6 Å². The lowest BCUT2D eigenvalue weighted by atomic mass is 9.85. The number of hydrogen-bond donors (Lipinski definition) is 3. The maximum atomic E-state index is 14.8. The predicted octanol–water partition coefficient (Wildman–Crippen LogP) is 3.55. The lowest BCUT2D eigenvalue weighted by Crippen LogP contribution is -2.60. The number of nitrogens with zero attached hydrogens (tertiary/aromatic N) is 5. The Hall–Kier alpha value is -4.48. The molecule has 3 fully saturated rings. The Kier molecular flexibility index (Phi) is 10.5. The summed E-state index contributed by atoms with van der Waals surface area (Å²) in [6.07, 6.45) is 8.34. The van der Waals surface area contributed by atoms with E-state index in [4.69, 9.17) is 26.1 Å². The summed E-state index contributed by atoms with van der Waals surface area (Å²) in [6.45, 7) is 9.54. The standard InChI is InChI=1S/C37H43ClN8O7S2/c1-6-20-15-37(20,34(49)45-55(50,51)23-8-9-23)44-31(47)28-14-22(53-32-25-13-21(38)7-10-24(25)29(52-5)17-41-32)18-46(28)33(48)30(36(2,3)4)43-35-42-27(19-54-35)26-16-39-11-12-40-26/h6-7,10-13,16-17,20,22-23,27-28,30H,1,8-9,14-15,18-19H2,2-5H3,(H,42,43)(H,44,47)(H,45,49)/t20-,22-,27?,28+,30-,37-/m1/s1. The highest BCUT2D eigenvalue weighted by atomic mass is 35.5. The Labute approximate surface area is 328 Å². The Balaban J connectivity index is 1.18. The zero-order valence-corrected chi connectivity index (χ0v) is 33.2. The first-order valence-corrected chi connectivity index (χ1v) is 20.9. The average molecular weight is 811 g/mol. The van der Waals surface area contributed by atoms with Gasteiger partial charge in [0.1, 0.15) is 35.5 Å². The van der Waals surface area contributed by atoms with E-state index in [1.807, 2.05) is 20.8 Å². The molecule has 2 aliphatic carbocycles. The third-order valence-corrected chi connectivity index (χ3v) is 13.4. The van der Waals surface area contributed by atoms with Crippen molar-refractivity contribution in [3.05, 3.63) is 66.4 Å². The molecular formula is C37H43ClN8O7S2. The summed E-state index contributed by atoms with van der Waals surface area (Å²) < 4.78 is 39.7. The van der Waals surface area contributed by atoms with Crippen molar-refractivity contribution in [2.75, 3.05) is 19.4 Å². The number of fused-ring (bicyclic) bond motifs is 1. The third-order valence-electron chi connectivity index (χ3n) is 10.3. The largest absolute Gasteiger partial charge is 0.494 e. The average Bonchev–Trinajstić information content (AvgIpc) is 4.04. The Bertz CT molecular complexity index is 2170. The number of amidine groups is 1. The number of ether oxygens (including phenoxy) is 2. The van der Waals surface area contributed by atoms with Crippen molar-refractivity contribution in [1.82, 2.24) is 35.2 Å². The maximum Gasteiger partial charge on any atom is 0.259 e. The van der Waals surface area contributed by atoms with Gasteiger partial charge in [-0.25, -0.2) is 13.4 Å². The number of sulfonamides is 1. The summed E-state index contributed by atoms with van der Waals surface area (Å²) >= 11 is 7.83. The minimum Gasteiger partial charge on any atom is -0.494 e. The zero-order valence-electron chi connectivity index (χ0n) is 30.8. The Morgan fingerprint density at radius 1 is 1.15 bits per heavy atom. The van der Waals surface area contributed by atoms with E-state index in [9.17, 15) is 22.8 Å². The molecule has 3 N–H and O–H groups in total. The second kappa shape index (κ2) is 14.9. The highest BCUT2D eigenvalue weighted by Gasteiger charge is 2.62. The molecule has 4 heterocycles. The van der Waals surface area contributed by atoms with E-state index in [2.05, 4.69) is 36.9 Å². The molecule has 7 rings (SSSR count). The minimum atomic E-state index is -3.89. The number of pyridine rings is 1. The van der Waals surface area contributed by atoms with Crippen LogP contribution >= 0.6 is 23.4 Å². The first-order valence-electron chi connectivity index (χ1n) is 18.0. The Morgan fingerprint density at radius 2 is 1.93 bits per heavy atom. The summed E-state index contributed by atoms with van der Waals surface area (Å²) in [5.41, 5.74) is -1.48. The molecule has 0 radical (unpaired) electrons. The van der Waals surface area contributed by atoms with E-state index in [0.29, 0.717) is 51.0 Å². The molecule has 4 aliphatic rings. The molecule has 55 heavy (non-hydrogen) atoms. The van der Waals surface area contributed by atoms with Gasteiger partial charge in [0.05, 0.1) is 37.0 Å². The van der Waals surface area contributed by atoms with Crippen LogP contribution in [0.2, 0.25) is 5.02 Å². The molecule has 18 heteroatoms. The van der Waals surface area contributed by atoms with Gasteiger partial charge in [0.2, 0.25) is 27.7 Å². The summed E-state index contributed by atoms with van der Waals surface area (Å²) in [5.74, 6) is -0.977. The first-order chi connectivity index (χ1) is 26.1. The molecule has 0 bridgehead atoms. The van der Waals surface area contributed by atoms with Gasteiger partial charge < -0.3 is 25.0 Å². The fourth-order valence-electron chi connectivity index (χ4n) is 7.00. The zero-order chi connectivity index (χ0) is 39.3. The molecule has 6 atom stereocenters. The number of nitrogens with one attached hydrogen (secondary N) is 3. The van der Waals surface area contributed by atoms with Crippen molar-refractivity contribution in [2.24, 2.45) is 16.3 Å². The number of aromatic nitrogens is 3. The van der Waals surface area contributed by atoms with Crippen molar-refractivity contribution in [3.8, 4) is 11.6 Å². The van der Waals surface area contributed by atoms with Gasteiger partial charge >= 0.3 is 0 Å². The quantitative estimate of drug-likeness (QED) is 0.226. The molecule has 15 nitrogen and oxygen atoms in total. The third kappa shape index (κ3) is 7.96. The monoisotopic (exact) mass is 810 g/mol. The predicted molar refractivity (Wildman–Crippen MR) is 208 cm³/mol. The number of likely N-dealkylation sites (tertiary alicyclic amines) is 1. The van der Waals surface area contributed by atoms with Gasteiger partial charge in [-0.2, -0.15) is 0 Å². The SMILES string of the molecule is C=C[C@@H]1C[C@]1(NC(=O)[C@@H]1C[C@@H](Oc2ncc(OC)c3ccc(Cl)cc23)CN1C(=O)[C@@H](NC1=NC(c2cnccn2)CS1)C(C)(C)C)C(=O)NS(=O)(=O)C1CC1. The van der Waals surface area contributed by atoms with Gasteiger partial charge in [-0.05, 0) is 42.9 Å². The molecule has 2 aromatic heterocycles. The molecule has 2 aliphatic heterocycles. The first kappa shape index (κ1) is 38.8. The van der Waals surface area contributed by atoms with Gasteiger partial charge in [0, 0.05) is 46.3 Å². The van der Waals surface area contributed by atoms with E-state index in [-0.39, 0.29) is 37.2 Å². The van der Waals surface area contributed by atoms with Gasteiger partial charge in [0.15, 0.2) is 5.17 Å². The number of hydrogen-bond acceptors (Lipinski definition) is 13. The Morgan fingerprint density at radius 3 is 2.58 bits per heavy atom. The number of halogens is 1. The van der Waals surface area contributed by atoms with Crippen LogP contribution in [0, 0.1) is 11.3 Å². The normalized spacial score (nSPS) is 25.5. The van der Waals surface area contributed by atoms with Crippen molar-refractivity contribution in [2.45, 2.75) is 81.5 Å². The highest BCUT2D eigenvalue weighted by molar-refractivity contribution is 8.14. The fourth-order valence-corrected chi connectivity index (χ4v) is 9.50. The van der Waals surface area contributed by atoms with Gasteiger partial charge in [0.25, 0.3) is 5.91 Å². The van der Waals surface area contributed by atoms with E-state index in [1.165, 1.54) is 36.0 Å². The summed E-state index contributed by atoms with van der Waals surface area (Å²) in [4.78, 5) is 62.1. The molecule has 2 saturated carbocycles. The van der Waals surface area contributed by atoms with Gasteiger partial charge in [-0.1, -0.05) is 50.2 Å². The summed E-state index contributed by atoms with van der Waals surface area (Å²) in [5, 5.41) is 7.86. The number of thioether (sulfide) groups is 1. The molecule has 0 spiro atoms. The number of methoxy groups -OCH3 is 1. The summed E-state index contributed by atoms with van der Waals surface area (Å²) in [6, 6.07) is 3.04. The number of rotatable bonds is 12. The fraction of sp³-hybridized carbons (Fsp3) is 0.486. The minimum absolute atomic E-state index is 0.00292. The topological polar surface area (TPSA) is 194 Å². The van der Waals surface area contributed by atoms with E-state index < -0.39 is 62.1 Å². The molecular weight excluding hydrogens is 768 g/mol. The highest BCUT2D eigenvalue weighted by Crippen LogP contribution is 2.46. The molecule has 1 aromatic carbocycles. The van der Waals surface area contributed by atoms with Gasteiger partial charge in [-0.3, -0.25) is 34.1 Å². The van der Waals surface area contributed by atoms with Crippen molar-refractivity contribution in [1.29, 1.82) is 0 Å². The van der Waals surface area contributed by atoms with Crippen molar-refractivity contribution in [3.63, 3.8) is 0 Å². The van der Waals surface area contributed by atoms with E-state index >= 15 is 0 Å². The molecule has 3 amide bonds. The molecule has 1 unspecified atom stereocenters. The van der Waals surface area contributed by atoms with Crippen LogP contribution in [-0.2, 0) is 24.4 Å². The molecule has 1 saturated heterocycles. The van der Waals surface area contributed by atoms with Gasteiger partial charge in [-0.15, -0.1) is 6.58 Å². The van der Waals surface area contributed by atoms with E-state index in [0.717, 1.165) is 0 Å². The van der Waals surface area contributed by atoms with Crippen LogP contribution in [-0.4, -0.2) is 99.5 Å². The number of carbonyl (C=O) groups is 3. The van der Waals surface area contributed by atoms with Crippen LogP contribution < -0.4 is 24.8 Å². The maximum absolute atomic E-state index is 14.8.